The maximum Gasteiger partial charge on any atom is 0.357 e. The fourth-order valence-electron chi connectivity index (χ4n) is 1.37. The molecule has 6 nitrogen and oxygen atoms in total. The van der Waals surface area contributed by atoms with Gasteiger partial charge in [0.25, 0.3) is 0 Å². The Morgan fingerprint density at radius 3 is 2.76 bits per heavy atom. The summed E-state index contributed by atoms with van der Waals surface area (Å²) in [6, 6.07) is 1.65. The molecule has 0 amide bonds. The molecule has 3 N–H and O–H groups in total. The molecule has 0 spiro atoms. The maximum atomic E-state index is 10.7. The van der Waals surface area contributed by atoms with Gasteiger partial charge in [0.2, 0.25) is 0 Å². The summed E-state index contributed by atoms with van der Waals surface area (Å²) in [5.74, 6) is 0. The fraction of sp³-hybridized carbons (Fsp3) is 0.500. The monoisotopic (exact) mass is 259 g/mol. The van der Waals surface area contributed by atoms with Gasteiger partial charge in [-0.25, -0.2) is 0 Å². The third-order valence-electron chi connectivity index (χ3n) is 2.16. The molecule has 0 saturated carbocycles. The van der Waals surface area contributed by atoms with Crippen LogP contribution < -0.4 is 10.0 Å². The summed E-state index contributed by atoms with van der Waals surface area (Å²) in [6.45, 7) is 2.86. The molecule has 1 aromatic heterocycles. The Morgan fingerprint density at radius 1 is 1.35 bits per heavy atom. The van der Waals surface area contributed by atoms with Crippen molar-refractivity contribution in [3.8, 4) is 0 Å². The van der Waals surface area contributed by atoms with E-state index in [1.165, 1.54) is 6.20 Å². The normalized spacial score (nSPS) is 11.2. The Hall–Kier alpha value is -1.34. The van der Waals surface area contributed by atoms with E-state index in [2.05, 4.69) is 17.2 Å². The van der Waals surface area contributed by atoms with Crippen molar-refractivity contribution < 1.29 is 13.0 Å². The molecule has 0 bridgehead atoms. The van der Waals surface area contributed by atoms with Gasteiger partial charge in [0.15, 0.2) is 0 Å². The number of rotatable bonds is 7. The van der Waals surface area contributed by atoms with Crippen molar-refractivity contribution >= 4 is 21.7 Å². The van der Waals surface area contributed by atoms with Crippen molar-refractivity contribution in [1.29, 1.82) is 0 Å². The lowest BCUT2D eigenvalue weighted by Crippen LogP contribution is -2.13. The summed E-state index contributed by atoms with van der Waals surface area (Å²) in [4.78, 5) is 3.80. The minimum Gasteiger partial charge on any atom is -0.383 e. The van der Waals surface area contributed by atoms with Crippen molar-refractivity contribution in [2.75, 3.05) is 16.6 Å². The molecule has 1 heterocycles. The van der Waals surface area contributed by atoms with Crippen LogP contribution in [-0.2, 0) is 10.3 Å². The van der Waals surface area contributed by atoms with Gasteiger partial charge in [-0.2, -0.15) is 8.42 Å². The van der Waals surface area contributed by atoms with E-state index in [9.17, 15) is 8.42 Å². The molecule has 96 valence electrons. The van der Waals surface area contributed by atoms with Crippen molar-refractivity contribution in [3.05, 3.63) is 18.5 Å². The van der Waals surface area contributed by atoms with Gasteiger partial charge in [-0.05, 0) is 12.5 Å². The first-order valence-electron chi connectivity index (χ1n) is 5.46. The molecular formula is C10H17N3O3S. The highest BCUT2D eigenvalue weighted by Crippen LogP contribution is 2.20. The number of anilines is 2. The Labute approximate surface area is 101 Å². The van der Waals surface area contributed by atoms with E-state index in [-0.39, 0.29) is 5.69 Å². The Morgan fingerprint density at radius 2 is 2.12 bits per heavy atom. The Kier molecular flexibility index (Phi) is 5.17. The van der Waals surface area contributed by atoms with Crippen LogP contribution in [0, 0.1) is 0 Å². The van der Waals surface area contributed by atoms with Gasteiger partial charge in [0, 0.05) is 12.7 Å². The predicted molar refractivity (Wildman–Crippen MR) is 67.4 cm³/mol. The van der Waals surface area contributed by atoms with Gasteiger partial charge in [-0.15, -0.1) is 0 Å². The highest BCUT2D eigenvalue weighted by molar-refractivity contribution is 7.87. The summed E-state index contributed by atoms with van der Waals surface area (Å²) >= 11 is 0. The lowest BCUT2D eigenvalue weighted by Gasteiger charge is -2.11. The van der Waals surface area contributed by atoms with Gasteiger partial charge in [0.1, 0.15) is 0 Å². The van der Waals surface area contributed by atoms with Crippen LogP contribution in [-0.4, -0.2) is 24.5 Å². The van der Waals surface area contributed by atoms with E-state index >= 15 is 0 Å². The molecule has 1 aromatic rings. The molecular weight excluding hydrogens is 242 g/mol. The molecule has 0 unspecified atom stereocenters. The van der Waals surface area contributed by atoms with Gasteiger partial charge >= 0.3 is 10.3 Å². The van der Waals surface area contributed by atoms with Crippen molar-refractivity contribution in [2.24, 2.45) is 0 Å². The molecule has 0 aliphatic carbocycles. The third-order valence-corrected chi connectivity index (χ3v) is 2.63. The van der Waals surface area contributed by atoms with Crippen LogP contribution in [0.4, 0.5) is 11.4 Å². The second kappa shape index (κ2) is 6.41. The Bertz CT molecular complexity index is 448. The molecule has 17 heavy (non-hydrogen) atoms. The fourth-order valence-corrected chi connectivity index (χ4v) is 1.81. The quantitative estimate of drug-likeness (QED) is 0.514. The maximum absolute atomic E-state index is 10.7. The zero-order valence-electron chi connectivity index (χ0n) is 9.68. The third kappa shape index (κ3) is 5.50. The zero-order chi connectivity index (χ0) is 12.7. The first kappa shape index (κ1) is 13.7. The van der Waals surface area contributed by atoms with Crippen LogP contribution in [0.3, 0.4) is 0 Å². The van der Waals surface area contributed by atoms with Crippen molar-refractivity contribution in [3.63, 3.8) is 0 Å². The second-order valence-corrected chi connectivity index (χ2v) is 4.79. The molecule has 0 aromatic carbocycles. The molecule has 1 rings (SSSR count). The number of nitrogens with zero attached hydrogens (tertiary/aromatic N) is 1. The van der Waals surface area contributed by atoms with Gasteiger partial charge in [0.05, 0.1) is 17.6 Å². The largest absolute Gasteiger partial charge is 0.383 e. The van der Waals surface area contributed by atoms with E-state index in [1.54, 1.807) is 12.3 Å². The number of hydrogen-bond acceptors (Lipinski definition) is 4. The van der Waals surface area contributed by atoms with Gasteiger partial charge in [-0.1, -0.05) is 19.8 Å². The summed E-state index contributed by atoms with van der Waals surface area (Å²) in [6.07, 6.45) is 6.13. The van der Waals surface area contributed by atoms with Crippen LogP contribution in [0.15, 0.2) is 18.5 Å². The Balaban J connectivity index is 2.64. The van der Waals surface area contributed by atoms with Gasteiger partial charge in [-0.3, -0.25) is 14.3 Å². The average Bonchev–Trinajstić information content (AvgIpc) is 2.24. The standard InChI is InChI=1S/C10H17N3O3S/c1-2-3-4-6-12-9-5-7-11-8-10(9)13-17(14,15)16/h5,7-8,13H,2-4,6H2,1H3,(H,11,12)(H,14,15,16). The van der Waals surface area contributed by atoms with E-state index < -0.39 is 10.3 Å². The average molecular weight is 259 g/mol. The molecule has 0 aliphatic rings. The molecule has 0 atom stereocenters. The van der Waals surface area contributed by atoms with Crippen LogP contribution in [0.1, 0.15) is 26.2 Å². The molecule has 7 heteroatoms. The summed E-state index contributed by atoms with van der Waals surface area (Å²) in [5, 5.41) is 3.09. The van der Waals surface area contributed by atoms with E-state index in [1.807, 2.05) is 4.72 Å². The minimum absolute atomic E-state index is 0.242. The van der Waals surface area contributed by atoms with E-state index in [0.717, 1.165) is 25.8 Å². The SMILES string of the molecule is CCCCCNc1ccncc1NS(=O)(=O)O. The number of pyridine rings is 1. The first-order chi connectivity index (χ1) is 8.03. The summed E-state index contributed by atoms with van der Waals surface area (Å²) in [7, 11) is -4.26. The van der Waals surface area contributed by atoms with Crippen molar-refractivity contribution in [1.82, 2.24) is 4.98 Å². The predicted octanol–water partition coefficient (Wildman–Crippen LogP) is 1.90. The molecule has 0 radical (unpaired) electrons. The lowest BCUT2D eigenvalue weighted by molar-refractivity contribution is 0.489. The summed E-state index contributed by atoms with van der Waals surface area (Å²) in [5.41, 5.74) is 0.847. The van der Waals surface area contributed by atoms with Crippen LogP contribution in [0.25, 0.3) is 0 Å². The number of hydrogen-bond donors (Lipinski definition) is 3. The van der Waals surface area contributed by atoms with Crippen LogP contribution in [0.5, 0.6) is 0 Å². The molecule has 0 aliphatic heterocycles. The highest BCUT2D eigenvalue weighted by atomic mass is 32.2. The number of unbranched alkanes of at least 4 members (excludes halogenated alkanes) is 2. The van der Waals surface area contributed by atoms with Crippen LogP contribution in [0.2, 0.25) is 0 Å². The lowest BCUT2D eigenvalue weighted by atomic mass is 10.2. The second-order valence-electron chi connectivity index (χ2n) is 3.63. The molecule has 0 fully saturated rings. The molecule has 0 saturated heterocycles. The van der Waals surface area contributed by atoms with Gasteiger partial charge < -0.3 is 5.32 Å². The highest BCUT2D eigenvalue weighted by Gasteiger charge is 2.08. The zero-order valence-corrected chi connectivity index (χ0v) is 10.5. The smallest absolute Gasteiger partial charge is 0.357 e. The minimum atomic E-state index is -4.26. The topological polar surface area (TPSA) is 91.3 Å². The van der Waals surface area contributed by atoms with E-state index in [0.29, 0.717) is 5.69 Å². The number of aromatic nitrogens is 1. The van der Waals surface area contributed by atoms with E-state index in [4.69, 9.17) is 4.55 Å². The van der Waals surface area contributed by atoms with Crippen LogP contribution >= 0.6 is 0 Å². The summed E-state index contributed by atoms with van der Waals surface area (Å²) < 4.78 is 32.1. The van der Waals surface area contributed by atoms with Crippen molar-refractivity contribution in [2.45, 2.75) is 26.2 Å². The number of nitrogens with one attached hydrogen (secondary N) is 2. The first-order valence-corrected chi connectivity index (χ1v) is 6.90.